The minimum Gasteiger partial charge on any atom is -0.462 e. The zero-order valence-corrected chi connectivity index (χ0v) is 39.9. The van der Waals surface area contributed by atoms with Gasteiger partial charge in [0, 0.05) is 19.3 Å². The fourth-order valence-electron chi connectivity index (χ4n) is 6.87. The van der Waals surface area contributed by atoms with Gasteiger partial charge in [0.15, 0.2) is 6.10 Å². The largest absolute Gasteiger partial charge is 0.462 e. The molecule has 1 atom stereocenters. The van der Waals surface area contributed by atoms with Crippen molar-refractivity contribution >= 4 is 17.9 Å². The van der Waals surface area contributed by atoms with E-state index in [9.17, 15) is 14.4 Å². The molecule has 6 nitrogen and oxygen atoms in total. The van der Waals surface area contributed by atoms with Crippen molar-refractivity contribution in [3.05, 3.63) is 72.9 Å². The quantitative estimate of drug-likeness (QED) is 0.0263. The Bertz CT molecular complexity index is 1160. The van der Waals surface area contributed by atoms with Crippen molar-refractivity contribution in [2.45, 2.75) is 245 Å². The van der Waals surface area contributed by atoms with Crippen LogP contribution in [0.5, 0.6) is 0 Å². The fourth-order valence-corrected chi connectivity index (χ4v) is 6.87. The van der Waals surface area contributed by atoms with Gasteiger partial charge in [-0.3, -0.25) is 14.4 Å². The maximum atomic E-state index is 12.7. The van der Waals surface area contributed by atoms with E-state index in [-0.39, 0.29) is 31.1 Å². The Morgan fingerprint density at radius 1 is 0.344 bits per heavy atom. The summed E-state index contributed by atoms with van der Waals surface area (Å²) in [4.78, 5) is 37.8. The highest BCUT2D eigenvalue weighted by molar-refractivity contribution is 5.71. The van der Waals surface area contributed by atoms with E-state index in [1.165, 1.54) is 96.3 Å². The molecular formula is C55H94O6. The van der Waals surface area contributed by atoms with Crippen molar-refractivity contribution in [2.75, 3.05) is 13.2 Å². The first-order valence-corrected chi connectivity index (χ1v) is 25.4. The third kappa shape index (κ3) is 47.7. The van der Waals surface area contributed by atoms with Gasteiger partial charge in [-0.25, -0.2) is 0 Å². The van der Waals surface area contributed by atoms with Crippen molar-refractivity contribution in [1.82, 2.24) is 0 Å². The average molecular weight is 851 g/mol. The second-order valence-electron chi connectivity index (χ2n) is 16.7. The number of allylic oxidation sites excluding steroid dienone is 12. The normalized spacial score (nSPS) is 12.6. The predicted octanol–water partition coefficient (Wildman–Crippen LogP) is 16.6. The number of esters is 3. The summed E-state index contributed by atoms with van der Waals surface area (Å²) in [5.41, 5.74) is 0. The molecule has 0 aliphatic rings. The highest BCUT2D eigenvalue weighted by Gasteiger charge is 2.19. The zero-order valence-electron chi connectivity index (χ0n) is 39.9. The van der Waals surface area contributed by atoms with Crippen LogP contribution in [-0.2, 0) is 28.6 Å². The number of unbranched alkanes of at least 4 members (excludes halogenated alkanes) is 22. The number of rotatable bonds is 45. The van der Waals surface area contributed by atoms with Crippen LogP contribution in [0.15, 0.2) is 72.9 Å². The van der Waals surface area contributed by atoms with Crippen LogP contribution in [0.3, 0.4) is 0 Å². The first kappa shape index (κ1) is 57.9. The lowest BCUT2D eigenvalue weighted by atomic mass is 10.1. The number of ether oxygens (including phenoxy) is 3. The number of hydrogen-bond donors (Lipinski definition) is 0. The molecule has 0 amide bonds. The fraction of sp³-hybridized carbons (Fsp3) is 0.727. The second kappa shape index (κ2) is 49.5. The number of carbonyl (C=O) groups is 3. The molecule has 0 saturated carbocycles. The van der Waals surface area contributed by atoms with Gasteiger partial charge in [0.1, 0.15) is 13.2 Å². The van der Waals surface area contributed by atoms with Gasteiger partial charge in [-0.15, -0.1) is 0 Å². The van der Waals surface area contributed by atoms with Gasteiger partial charge >= 0.3 is 17.9 Å². The third-order valence-corrected chi connectivity index (χ3v) is 10.7. The summed E-state index contributed by atoms with van der Waals surface area (Å²) in [6.45, 7) is 6.45. The van der Waals surface area contributed by atoms with E-state index in [0.717, 1.165) is 103 Å². The molecule has 350 valence electrons. The molecule has 0 bridgehead atoms. The van der Waals surface area contributed by atoms with Crippen LogP contribution in [-0.4, -0.2) is 37.2 Å². The van der Waals surface area contributed by atoms with Crippen molar-refractivity contribution < 1.29 is 28.6 Å². The Labute approximate surface area is 376 Å². The van der Waals surface area contributed by atoms with Crippen molar-refractivity contribution in [2.24, 2.45) is 0 Å². The lowest BCUT2D eigenvalue weighted by molar-refractivity contribution is -0.167. The summed E-state index contributed by atoms with van der Waals surface area (Å²) in [7, 11) is 0. The second-order valence-corrected chi connectivity index (χ2v) is 16.7. The number of carbonyl (C=O) groups excluding carboxylic acids is 3. The first-order chi connectivity index (χ1) is 30.0. The molecule has 6 heteroatoms. The zero-order chi connectivity index (χ0) is 44.4. The molecule has 0 aliphatic heterocycles. The molecule has 0 aromatic carbocycles. The Morgan fingerprint density at radius 2 is 0.639 bits per heavy atom. The highest BCUT2D eigenvalue weighted by Crippen LogP contribution is 2.14. The van der Waals surface area contributed by atoms with Gasteiger partial charge in [0.2, 0.25) is 0 Å². The average Bonchev–Trinajstić information content (AvgIpc) is 3.26. The Balaban J connectivity index is 4.35. The van der Waals surface area contributed by atoms with Crippen LogP contribution in [0.25, 0.3) is 0 Å². The molecule has 0 aromatic rings. The van der Waals surface area contributed by atoms with Gasteiger partial charge in [0.05, 0.1) is 0 Å². The summed E-state index contributed by atoms with van der Waals surface area (Å²) in [6.07, 6.45) is 61.8. The van der Waals surface area contributed by atoms with E-state index in [1.54, 1.807) is 0 Å². The topological polar surface area (TPSA) is 78.9 Å². The lowest BCUT2D eigenvalue weighted by Gasteiger charge is -2.18. The predicted molar refractivity (Wildman–Crippen MR) is 261 cm³/mol. The van der Waals surface area contributed by atoms with Crippen LogP contribution in [0.2, 0.25) is 0 Å². The standard InChI is InChI=1S/C55H94O6/c1-4-7-10-13-16-19-21-23-24-25-26-27-28-29-30-32-33-36-39-42-45-48-54(57)60-51-52(50-59-53(56)47-44-41-38-35-18-15-12-9-6-3)61-55(58)49-46-43-40-37-34-31-22-20-17-14-11-8-5-2/h8,11,17,20-21,23,25-26,28-29,31,34,52H,4-7,9-10,12-16,18-19,22,24,27,30,32-33,35-51H2,1-3H3/b11-8-,20-17-,23-21-,26-25-,29-28-,34-31-. The van der Waals surface area contributed by atoms with Crippen LogP contribution in [0, 0.1) is 0 Å². The van der Waals surface area contributed by atoms with E-state index >= 15 is 0 Å². The van der Waals surface area contributed by atoms with E-state index in [4.69, 9.17) is 14.2 Å². The van der Waals surface area contributed by atoms with Crippen LogP contribution < -0.4 is 0 Å². The molecule has 0 aliphatic carbocycles. The third-order valence-electron chi connectivity index (χ3n) is 10.7. The molecular weight excluding hydrogens is 757 g/mol. The molecule has 0 N–H and O–H groups in total. The highest BCUT2D eigenvalue weighted by atomic mass is 16.6. The molecule has 0 heterocycles. The monoisotopic (exact) mass is 851 g/mol. The maximum absolute atomic E-state index is 12.7. The SMILES string of the molecule is CC/C=C\C/C=C\C/C=C\CCCCCC(=O)OC(COC(=O)CCCCCCCC/C=C\C/C=C\C/C=C\CCCCCCC)COC(=O)CCCCCCCCCCC. The van der Waals surface area contributed by atoms with Crippen molar-refractivity contribution in [1.29, 1.82) is 0 Å². The summed E-state index contributed by atoms with van der Waals surface area (Å²) in [5, 5.41) is 0. The Kier molecular flexibility index (Phi) is 46.9. The maximum Gasteiger partial charge on any atom is 0.306 e. The van der Waals surface area contributed by atoms with Crippen molar-refractivity contribution in [3.63, 3.8) is 0 Å². The lowest BCUT2D eigenvalue weighted by Crippen LogP contribution is -2.30. The van der Waals surface area contributed by atoms with E-state index < -0.39 is 6.10 Å². The molecule has 0 fully saturated rings. The van der Waals surface area contributed by atoms with Gasteiger partial charge in [-0.2, -0.15) is 0 Å². The van der Waals surface area contributed by atoms with Gasteiger partial charge < -0.3 is 14.2 Å². The first-order valence-electron chi connectivity index (χ1n) is 25.4. The number of hydrogen-bond acceptors (Lipinski definition) is 6. The smallest absolute Gasteiger partial charge is 0.306 e. The van der Waals surface area contributed by atoms with E-state index in [1.807, 2.05) is 0 Å². The van der Waals surface area contributed by atoms with Gasteiger partial charge in [-0.05, 0) is 89.9 Å². The molecule has 0 radical (unpaired) electrons. The van der Waals surface area contributed by atoms with Gasteiger partial charge in [0.25, 0.3) is 0 Å². The molecule has 61 heavy (non-hydrogen) atoms. The Hall–Kier alpha value is -3.15. The van der Waals surface area contributed by atoms with Crippen LogP contribution in [0.4, 0.5) is 0 Å². The van der Waals surface area contributed by atoms with Crippen LogP contribution in [0.1, 0.15) is 239 Å². The summed E-state index contributed by atoms with van der Waals surface area (Å²) < 4.78 is 16.7. The van der Waals surface area contributed by atoms with Crippen LogP contribution >= 0.6 is 0 Å². The van der Waals surface area contributed by atoms with Gasteiger partial charge in [-0.1, -0.05) is 203 Å². The minimum absolute atomic E-state index is 0.0910. The summed E-state index contributed by atoms with van der Waals surface area (Å²) in [6, 6.07) is 0. The van der Waals surface area contributed by atoms with E-state index in [2.05, 4.69) is 93.7 Å². The molecule has 0 saturated heterocycles. The van der Waals surface area contributed by atoms with E-state index in [0.29, 0.717) is 19.3 Å². The molecule has 0 spiro atoms. The molecule has 0 aromatic heterocycles. The molecule has 1 unspecified atom stereocenters. The van der Waals surface area contributed by atoms with Crippen molar-refractivity contribution in [3.8, 4) is 0 Å². The summed E-state index contributed by atoms with van der Waals surface area (Å²) in [5.74, 6) is -0.937. The minimum atomic E-state index is -0.793. The molecule has 0 rings (SSSR count). The Morgan fingerprint density at radius 3 is 1.02 bits per heavy atom. The summed E-state index contributed by atoms with van der Waals surface area (Å²) >= 11 is 0.